The number of ether oxygens (including phenoxy) is 2. The van der Waals surface area contributed by atoms with Crippen LogP contribution in [0.5, 0.6) is 17.2 Å². The van der Waals surface area contributed by atoms with Crippen LogP contribution in [0.4, 0.5) is 0 Å². The Labute approximate surface area is 116 Å². The van der Waals surface area contributed by atoms with Crippen LogP contribution in [-0.2, 0) is 4.79 Å². The third-order valence-electron chi connectivity index (χ3n) is 2.58. The fraction of sp³-hybridized carbons (Fsp3) is 0.125. The van der Waals surface area contributed by atoms with E-state index in [0.29, 0.717) is 35.5 Å². The highest BCUT2D eigenvalue weighted by atomic mass is 16.5. The van der Waals surface area contributed by atoms with Crippen LogP contribution < -0.4 is 9.47 Å². The molecule has 0 saturated heterocycles. The van der Waals surface area contributed by atoms with E-state index in [1.54, 1.807) is 18.2 Å². The van der Waals surface area contributed by atoms with E-state index in [2.05, 4.69) is 0 Å². The zero-order valence-corrected chi connectivity index (χ0v) is 10.8. The second-order valence-electron chi connectivity index (χ2n) is 4.04. The van der Waals surface area contributed by atoms with E-state index < -0.39 is 0 Å². The minimum Gasteiger partial charge on any atom is -0.492 e. The maximum atomic E-state index is 11.1. The highest BCUT2D eigenvalue weighted by molar-refractivity contribution is 5.80. The van der Waals surface area contributed by atoms with E-state index in [1.807, 2.05) is 30.3 Å². The van der Waals surface area contributed by atoms with Crippen LogP contribution in [0.3, 0.4) is 0 Å². The van der Waals surface area contributed by atoms with Crippen molar-refractivity contribution >= 4 is 12.6 Å². The van der Waals surface area contributed by atoms with E-state index in [0.717, 1.165) is 6.29 Å². The summed E-state index contributed by atoms with van der Waals surface area (Å²) in [7, 11) is 0. The van der Waals surface area contributed by atoms with Gasteiger partial charge in [0.2, 0.25) is 0 Å². The zero-order chi connectivity index (χ0) is 14.2. The van der Waals surface area contributed by atoms with Gasteiger partial charge in [-0.3, -0.25) is 4.79 Å². The lowest BCUT2D eigenvalue weighted by atomic mass is 10.2. The van der Waals surface area contributed by atoms with E-state index in [-0.39, 0.29) is 6.61 Å². The summed E-state index contributed by atoms with van der Waals surface area (Å²) in [5.41, 5.74) is 0.393. The van der Waals surface area contributed by atoms with E-state index >= 15 is 0 Å². The highest BCUT2D eigenvalue weighted by Gasteiger charge is 2.06. The summed E-state index contributed by atoms with van der Waals surface area (Å²) in [5.74, 6) is 1.70. The van der Waals surface area contributed by atoms with Crippen molar-refractivity contribution < 1.29 is 19.1 Å². The summed E-state index contributed by atoms with van der Waals surface area (Å²) >= 11 is 0. The number of benzene rings is 2. The maximum absolute atomic E-state index is 11.1. The third-order valence-corrected chi connectivity index (χ3v) is 2.58. The van der Waals surface area contributed by atoms with Crippen molar-refractivity contribution in [1.29, 1.82) is 0 Å². The third kappa shape index (κ3) is 3.68. The van der Waals surface area contributed by atoms with Gasteiger partial charge >= 0.3 is 0 Å². The first-order valence-corrected chi connectivity index (χ1v) is 6.22. The molecular formula is C16H14O4. The fourth-order valence-corrected chi connectivity index (χ4v) is 1.66. The van der Waals surface area contributed by atoms with Crippen molar-refractivity contribution in [2.24, 2.45) is 0 Å². The Morgan fingerprint density at radius 2 is 1.75 bits per heavy atom. The standard InChI is InChI=1S/C16H14O4/c17-9-4-10-19-16-8-7-15(11-13(16)12-18)20-14-5-2-1-3-6-14/h1-3,5-9,11-12H,4,10H2. The van der Waals surface area contributed by atoms with Gasteiger partial charge in [0.15, 0.2) is 6.29 Å². The van der Waals surface area contributed by atoms with Gasteiger partial charge in [-0.25, -0.2) is 0 Å². The zero-order valence-electron chi connectivity index (χ0n) is 10.8. The van der Waals surface area contributed by atoms with Gasteiger partial charge in [-0.2, -0.15) is 0 Å². The SMILES string of the molecule is O=CCCOc1ccc(Oc2ccccc2)cc1C=O. The normalized spacial score (nSPS) is 9.80. The molecule has 0 aliphatic rings. The summed E-state index contributed by atoms with van der Waals surface area (Å²) in [5, 5.41) is 0. The minimum atomic E-state index is 0.253. The number of hydrogen-bond donors (Lipinski definition) is 0. The number of aldehydes is 2. The minimum absolute atomic E-state index is 0.253. The summed E-state index contributed by atoms with van der Waals surface area (Å²) in [4.78, 5) is 21.3. The molecule has 0 unspecified atom stereocenters. The van der Waals surface area contributed by atoms with Crippen LogP contribution in [0, 0.1) is 0 Å². The quantitative estimate of drug-likeness (QED) is 0.572. The number of para-hydroxylation sites is 1. The van der Waals surface area contributed by atoms with Crippen LogP contribution in [0.2, 0.25) is 0 Å². The number of hydrogen-bond acceptors (Lipinski definition) is 4. The largest absolute Gasteiger partial charge is 0.492 e. The molecule has 0 heterocycles. The molecule has 102 valence electrons. The molecule has 0 aliphatic heterocycles. The Morgan fingerprint density at radius 3 is 2.45 bits per heavy atom. The van der Waals surface area contributed by atoms with E-state index in [1.165, 1.54) is 0 Å². The lowest BCUT2D eigenvalue weighted by Gasteiger charge is -2.10. The second kappa shape index (κ2) is 7.09. The molecule has 0 bridgehead atoms. The molecule has 2 aromatic rings. The molecule has 0 N–H and O–H groups in total. The van der Waals surface area contributed by atoms with Gasteiger partial charge in [0, 0.05) is 6.42 Å². The van der Waals surface area contributed by atoms with Crippen LogP contribution >= 0.6 is 0 Å². The van der Waals surface area contributed by atoms with Gasteiger partial charge in [0.25, 0.3) is 0 Å². The Hall–Kier alpha value is -2.62. The molecule has 0 saturated carbocycles. The lowest BCUT2D eigenvalue weighted by molar-refractivity contribution is -0.108. The molecule has 0 amide bonds. The maximum Gasteiger partial charge on any atom is 0.153 e. The highest BCUT2D eigenvalue weighted by Crippen LogP contribution is 2.26. The first-order valence-electron chi connectivity index (χ1n) is 6.22. The van der Waals surface area contributed by atoms with Gasteiger partial charge in [0.05, 0.1) is 12.2 Å². The molecule has 2 rings (SSSR count). The van der Waals surface area contributed by atoms with Crippen LogP contribution in [0.1, 0.15) is 16.8 Å². The molecule has 0 fully saturated rings. The predicted octanol–water partition coefficient (Wildman–Crippen LogP) is 3.26. The molecule has 0 radical (unpaired) electrons. The lowest BCUT2D eigenvalue weighted by Crippen LogP contribution is -2.00. The molecule has 2 aromatic carbocycles. The molecule has 0 spiro atoms. The Bertz CT molecular complexity index is 578. The van der Waals surface area contributed by atoms with Gasteiger partial charge in [0.1, 0.15) is 23.5 Å². The smallest absolute Gasteiger partial charge is 0.153 e. The first kappa shape index (κ1) is 13.8. The van der Waals surface area contributed by atoms with Crippen molar-refractivity contribution in [2.75, 3.05) is 6.61 Å². The van der Waals surface area contributed by atoms with Crippen molar-refractivity contribution in [3.05, 3.63) is 54.1 Å². The summed E-state index contributed by atoms with van der Waals surface area (Å²) in [6, 6.07) is 14.3. The number of rotatable bonds is 7. The summed E-state index contributed by atoms with van der Waals surface area (Å²) in [6.07, 6.45) is 1.77. The van der Waals surface area contributed by atoms with Crippen LogP contribution in [0.15, 0.2) is 48.5 Å². The summed E-state index contributed by atoms with van der Waals surface area (Å²) in [6.45, 7) is 0.253. The molecule has 4 heteroatoms. The molecule has 0 atom stereocenters. The van der Waals surface area contributed by atoms with Gasteiger partial charge in [-0.05, 0) is 30.3 Å². The molecule has 0 aliphatic carbocycles. The summed E-state index contributed by atoms with van der Waals surface area (Å²) < 4.78 is 11.0. The van der Waals surface area contributed by atoms with Crippen LogP contribution in [-0.4, -0.2) is 19.2 Å². The van der Waals surface area contributed by atoms with Gasteiger partial charge in [-0.15, -0.1) is 0 Å². The van der Waals surface area contributed by atoms with Crippen LogP contribution in [0.25, 0.3) is 0 Å². The molecule has 20 heavy (non-hydrogen) atoms. The average Bonchev–Trinajstić information content (AvgIpc) is 2.50. The van der Waals surface area contributed by atoms with Gasteiger partial charge < -0.3 is 14.3 Å². The van der Waals surface area contributed by atoms with E-state index in [4.69, 9.17) is 9.47 Å². The Kier molecular flexibility index (Phi) is 4.89. The van der Waals surface area contributed by atoms with Crippen molar-refractivity contribution in [3.8, 4) is 17.2 Å². The van der Waals surface area contributed by atoms with E-state index in [9.17, 15) is 9.59 Å². The number of carbonyl (C=O) groups excluding carboxylic acids is 2. The predicted molar refractivity (Wildman–Crippen MR) is 74.5 cm³/mol. The molecule has 4 nitrogen and oxygen atoms in total. The topological polar surface area (TPSA) is 52.6 Å². The number of carbonyl (C=O) groups is 2. The fourth-order valence-electron chi connectivity index (χ4n) is 1.66. The van der Waals surface area contributed by atoms with Crippen molar-refractivity contribution in [1.82, 2.24) is 0 Å². The second-order valence-corrected chi connectivity index (χ2v) is 4.04. The monoisotopic (exact) mass is 270 g/mol. The average molecular weight is 270 g/mol. The Morgan fingerprint density at radius 1 is 0.950 bits per heavy atom. The van der Waals surface area contributed by atoms with Gasteiger partial charge in [-0.1, -0.05) is 18.2 Å². The molecular weight excluding hydrogens is 256 g/mol. The Balaban J connectivity index is 2.12. The van der Waals surface area contributed by atoms with Crippen molar-refractivity contribution in [2.45, 2.75) is 6.42 Å². The molecule has 0 aromatic heterocycles. The van der Waals surface area contributed by atoms with Crippen molar-refractivity contribution in [3.63, 3.8) is 0 Å². The first-order chi connectivity index (χ1) is 9.83.